The van der Waals surface area contributed by atoms with Crippen molar-refractivity contribution in [1.82, 2.24) is 0 Å². The van der Waals surface area contributed by atoms with Crippen molar-refractivity contribution in [3.8, 4) is 5.75 Å². The number of ether oxygens (including phenoxy) is 1. The van der Waals surface area contributed by atoms with Crippen molar-refractivity contribution in [1.29, 1.82) is 0 Å². The first-order valence-corrected chi connectivity index (χ1v) is 7.31. The molecule has 0 radical (unpaired) electrons. The van der Waals surface area contributed by atoms with Gasteiger partial charge in [0.2, 0.25) is 0 Å². The second kappa shape index (κ2) is 6.91. The van der Waals surface area contributed by atoms with Crippen molar-refractivity contribution >= 4 is 22.6 Å². The fraction of sp³-hybridized carbons (Fsp3) is 0.250. The predicted octanol–water partition coefficient (Wildman–Crippen LogP) is 3.45. The van der Waals surface area contributed by atoms with Crippen molar-refractivity contribution in [2.45, 2.75) is 18.9 Å². The van der Waals surface area contributed by atoms with Crippen LogP contribution in [0.5, 0.6) is 5.75 Å². The van der Waals surface area contributed by atoms with E-state index < -0.39 is 6.10 Å². The van der Waals surface area contributed by atoms with E-state index in [9.17, 15) is 5.11 Å². The monoisotopic (exact) mass is 368 g/mol. The van der Waals surface area contributed by atoms with Crippen molar-refractivity contribution in [2.24, 2.45) is 0 Å². The smallest absolute Gasteiger partial charge is 0.122 e. The maximum Gasteiger partial charge on any atom is 0.122 e. The van der Waals surface area contributed by atoms with E-state index in [0.717, 1.165) is 16.9 Å². The Bertz CT molecular complexity index is 523. The molecule has 100 valence electrons. The first-order valence-electron chi connectivity index (χ1n) is 6.23. The minimum atomic E-state index is -0.392. The maximum absolute atomic E-state index is 10.2. The van der Waals surface area contributed by atoms with E-state index in [1.54, 1.807) is 7.11 Å². The van der Waals surface area contributed by atoms with E-state index >= 15 is 0 Å². The topological polar surface area (TPSA) is 29.5 Å². The van der Waals surface area contributed by atoms with Gasteiger partial charge in [-0.15, -0.1) is 0 Å². The molecule has 0 bridgehead atoms. The lowest BCUT2D eigenvalue weighted by Gasteiger charge is -2.13. The van der Waals surface area contributed by atoms with Gasteiger partial charge in [-0.25, -0.2) is 0 Å². The lowest BCUT2D eigenvalue weighted by Crippen LogP contribution is -2.14. The maximum atomic E-state index is 10.2. The molecule has 1 atom stereocenters. The molecule has 1 N–H and O–H groups in total. The number of methoxy groups -OCH3 is 1. The number of benzene rings is 2. The number of hydrogen-bond donors (Lipinski definition) is 1. The molecule has 0 spiro atoms. The Morgan fingerprint density at radius 3 is 2.42 bits per heavy atom. The Labute approximate surface area is 127 Å². The third-order valence-electron chi connectivity index (χ3n) is 3.03. The second-order valence-electron chi connectivity index (χ2n) is 4.50. The molecule has 0 aliphatic heterocycles. The average molecular weight is 368 g/mol. The third kappa shape index (κ3) is 4.21. The summed E-state index contributed by atoms with van der Waals surface area (Å²) in [6, 6.07) is 16.1. The van der Waals surface area contributed by atoms with Gasteiger partial charge in [-0.2, -0.15) is 0 Å². The SMILES string of the molecule is COc1ccccc1CC(O)Cc1ccc(I)cc1. The summed E-state index contributed by atoms with van der Waals surface area (Å²) in [7, 11) is 1.66. The molecule has 2 aromatic carbocycles. The zero-order valence-electron chi connectivity index (χ0n) is 10.8. The number of hydrogen-bond acceptors (Lipinski definition) is 2. The summed E-state index contributed by atoms with van der Waals surface area (Å²) in [6.45, 7) is 0. The van der Waals surface area contributed by atoms with Crippen molar-refractivity contribution in [3.63, 3.8) is 0 Å². The summed E-state index contributed by atoms with van der Waals surface area (Å²) < 4.78 is 6.51. The molecule has 0 aromatic heterocycles. The molecule has 0 saturated carbocycles. The first kappa shape index (κ1) is 14.3. The van der Waals surface area contributed by atoms with Crippen molar-refractivity contribution in [3.05, 3.63) is 63.2 Å². The highest BCUT2D eigenvalue weighted by Crippen LogP contribution is 2.20. The minimum Gasteiger partial charge on any atom is -0.496 e. The van der Waals surface area contributed by atoms with E-state index in [-0.39, 0.29) is 0 Å². The molecular weight excluding hydrogens is 351 g/mol. The van der Waals surface area contributed by atoms with Crippen LogP contribution in [0.15, 0.2) is 48.5 Å². The number of halogens is 1. The van der Waals surface area contributed by atoms with Crippen LogP contribution in [0.2, 0.25) is 0 Å². The molecule has 2 nitrogen and oxygen atoms in total. The van der Waals surface area contributed by atoms with Crippen LogP contribution in [0.4, 0.5) is 0 Å². The number of aliphatic hydroxyl groups is 1. The molecule has 0 saturated heterocycles. The minimum absolute atomic E-state index is 0.392. The Hall–Kier alpha value is -1.07. The van der Waals surface area contributed by atoms with Gasteiger partial charge in [0.15, 0.2) is 0 Å². The van der Waals surface area contributed by atoms with E-state index in [0.29, 0.717) is 12.8 Å². The van der Waals surface area contributed by atoms with Crippen molar-refractivity contribution < 1.29 is 9.84 Å². The third-order valence-corrected chi connectivity index (χ3v) is 3.75. The van der Waals surface area contributed by atoms with Gasteiger partial charge in [-0.3, -0.25) is 0 Å². The highest BCUT2D eigenvalue weighted by molar-refractivity contribution is 14.1. The van der Waals surface area contributed by atoms with Crippen LogP contribution in [0.1, 0.15) is 11.1 Å². The molecule has 0 fully saturated rings. The molecule has 0 aliphatic rings. The van der Waals surface area contributed by atoms with Crippen LogP contribution >= 0.6 is 22.6 Å². The summed E-state index contributed by atoms with van der Waals surface area (Å²) in [5, 5.41) is 10.2. The first-order chi connectivity index (χ1) is 9.19. The second-order valence-corrected chi connectivity index (χ2v) is 5.75. The summed E-state index contributed by atoms with van der Waals surface area (Å²) in [5.74, 6) is 0.837. The molecule has 3 heteroatoms. The van der Waals surface area contributed by atoms with Crippen LogP contribution < -0.4 is 4.74 Å². The number of para-hydroxylation sites is 1. The standard InChI is InChI=1S/C16H17IO2/c1-19-16-5-3-2-4-13(16)11-15(18)10-12-6-8-14(17)9-7-12/h2-9,15,18H,10-11H2,1H3. The summed E-state index contributed by atoms with van der Waals surface area (Å²) in [4.78, 5) is 0. The Kier molecular flexibility index (Phi) is 5.22. The molecular formula is C16H17IO2. The van der Waals surface area contributed by atoms with Gasteiger partial charge < -0.3 is 9.84 Å². The number of rotatable bonds is 5. The summed E-state index contributed by atoms with van der Waals surface area (Å²) >= 11 is 2.28. The zero-order chi connectivity index (χ0) is 13.7. The summed E-state index contributed by atoms with van der Waals surface area (Å²) in [6.07, 6.45) is 0.877. The van der Waals surface area contributed by atoms with E-state index in [4.69, 9.17) is 4.74 Å². The molecule has 19 heavy (non-hydrogen) atoms. The van der Waals surface area contributed by atoms with Gasteiger partial charge in [0.05, 0.1) is 13.2 Å². The quantitative estimate of drug-likeness (QED) is 0.820. The Morgan fingerprint density at radius 2 is 1.74 bits per heavy atom. The van der Waals surface area contributed by atoms with Crippen LogP contribution in [-0.2, 0) is 12.8 Å². The van der Waals surface area contributed by atoms with E-state index in [1.165, 1.54) is 3.57 Å². The lowest BCUT2D eigenvalue weighted by atomic mass is 10.0. The van der Waals surface area contributed by atoms with Gasteiger partial charge >= 0.3 is 0 Å². The van der Waals surface area contributed by atoms with Gasteiger partial charge in [0, 0.05) is 9.99 Å². The van der Waals surface area contributed by atoms with Gasteiger partial charge in [-0.05, 0) is 58.3 Å². The normalized spacial score (nSPS) is 12.2. The molecule has 0 aliphatic carbocycles. The molecule has 1 unspecified atom stereocenters. The predicted molar refractivity (Wildman–Crippen MR) is 85.6 cm³/mol. The highest BCUT2D eigenvalue weighted by atomic mass is 127. The Balaban J connectivity index is 2.01. The Morgan fingerprint density at radius 1 is 1.05 bits per heavy atom. The summed E-state index contributed by atoms with van der Waals surface area (Å²) in [5.41, 5.74) is 2.20. The van der Waals surface area contributed by atoms with Gasteiger partial charge in [0.25, 0.3) is 0 Å². The van der Waals surface area contributed by atoms with Crippen molar-refractivity contribution in [2.75, 3.05) is 7.11 Å². The van der Waals surface area contributed by atoms with E-state index in [1.807, 2.05) is 24.3 Å². The molecule has 0 heterocycles. The molecule has 0 amide bonds. The highest BCUT2D eigenvalue weighted by Gasteiger charge is 2.10. The van der Waals surface area contributed by atoms with Crippen LogP contribution in [0.25, 0.3) is 0 Å². The van der Waals surface area contributed by atoms with E-state index in [2.05, 4.69) is 46.9 Å². The van der Waals surface area contributed by atoms with Crippen LogP contribution in [0, 0.1) is 3.57 Å². The lowest BCUT2D eigenvalue weighted by molar-refractivity contribution is 0.174. The molecule has 2 rings (SSSR count). The van der Waals surface area contributed by atoms with Crippen LogP contribution in [-0.4, -0.2) is 18.3 Å². The van der Waals surface area contributed by atoms with Crippen LogP contribution in [0.3, 0.4) is 0 Å². The zero-order valence-corrected chi connectivity index (χ0v) is 13.0. The van der Waals surface area contributed by atoms with Gasteiger partial charge in [-0.1, -0.05) is 30.3 Å². The molecule has 2 aromatic rings. The fourth-order valence-corrected chi connectivity index (χ4v) is 2.45. The van der Waals surface area contributed by atoms with Gasteiger partial charge in [0.1, 0.15) is 5.75 Å². The average Bonchev–Trinajstić information content (AvgIpc) is 2.42. The number of aliphatic hydroxyl groups excluding tert-OH is 1. The largest absolute Gasteiger partial charge is 0.496 e. The fourth-order valence-electron chi connectivity index (χ4n) is 2.09.